The van der Waals surface area contributed by atoms with Crippen LogP contribution in [0.15, 0.2) is 36.5 Å². The van der Waals surface area contributed by atoms with Gasteiger partial charge in [-0.15, -0.1) is 0 Å². The van der Waals surface area contributed by atoms with Crippen LogP contribution in [-0.2, 0) is 0 Å². The zero-order valence-electron chi connectivity index (χ0n) is 9.91. The fourth-order valence-corrected chi connectivity index (χ4v) is 2.37. The molecule has 0 bridgehead atoms. The van der Waals surface area contributed by atoms with Crippen molar-refractivity contribution in [3.8, 4) is 0 Å². The van der Waals surface area contributed by atoms with Gasteiger partial charge in [-0.05, 0) is 18.6 Å². The lowest BCUT2D eigenvalue weighted by molar-refractivity contribution is 0.0766. The maximum Gasteiger partial charge on any atom is 0.256 e. The van der Waals surface area contributed by atoms with Crippen LogP contribution >= 0.6 is 0 Å². The van der Waals surface area contributed by atoms with E-state index in [1.54, 1.807) is 17.2 Å². The standard InChI is InChI=1S/C14H14N2O2/c17-11-6-8-16(9-11)14(18)12-5-1-3-10-4-2-7-15-13(10)12/h1-5,7,11,17H,6,8-9H2/t11-/m0/s1. The number of pyridine rings is 1. The number of benzene rings is 1. The fraction of sp³-hybridized carbons (Fsp3) is 0.286. The van der Waals surface area contributed by atoms with E-state index in [-0.39, 0.29) is 5.91 Å². The Morgan fingerprint density at radius 3 is 2.94 bits per heavy atom. The zero-order valence-corrected chi connectivity index (χ0v) is 9.91. The van der Waals surface area contributed by atoms with E-state index in [0.29, 0.717) is 25.1 Å². The predicted molar refractivity (Wildman–Crippen MR) is 68.3 cm³/mol. The number of para-hydroxylation sites is 1. The van der Waals surface area contributed by atoms with Gasteiger partial charge < -0.3 is 10.0 Å². The molecule has 3 rings (SSSR count). The van der Waals surface area contributed by atoms with Crippen molar-refractivity contribution in [2.75, 3.05) is 13.1 Å². The molecule has 1 aliphatic heterocycles. The maximum absolute atomic E-state index is 12.4. The number of hydrogen-bond acceptors (Lipinski definition) is 3. The van der Waals surface area contributed by atoms with E-state index in [9.17, 15) is 9.90 Å². The van der Waals surface area contributed by atoms with Crippen molar-refractivity contribution in [2.45, 2.75) is 12.5 Å². The summed E-state index contributed by atoms with van der Waals surface area (Å²) in [6, 6.07) is 9.40. The van der Waals surface area contributed by atoms with E-state index < -0.39 is 6.10 Å². The lowest BCUT2D eigenvalue weighted by atomic mass is 10.1. The summed E-state index contributed by atoms with van der Waals surface area (Å²) in [5.74, 6) is -0.0455. The van der Waals surface area contributed by atoms with Crippen LogP contribution in [0.1, 0.15) is 16.8 Å². The van der Waals surface area contributed by atoms with Gasteiger partial charge in [0.25, 0.3) is 5.91 Å². The summed E-state index contributed by atoms with van der Waals surface area (Å²) >= 11 is 0. The van der Waals surface area contributed by atoms with Gasteiger partial charge in [0.05, 0.1) is 17.2 Å². The van der Waals surface area contributed by atoms with Crippen molar-refractivity contribution >= 4 is 16.8 Å². The van der Waals surface area contributed by atoms with Gasteiger partial charge >= 0.3 is 0 Å². The minimum absolute atomic E-state index is 0.0455. The highest BCUT2D eigenvalue weighted by Crippen LogP contribution is 2.20. The van der Waals surface area contributed by atoms with Crippen molar-refractivity contribution in [1.29, 1.82) is 0 Å². The molecule has 1 amide bonds. The van der Waals surface area contributed by atoms with Crippen molar-refractivity contribution in [1.82, 2.24) is 9.88 Å². The summed E-state index contributed by atoms with van der Waals surface area (Å²) in [7, 11) is 0. The molecule has 0 aliphatic carbocycles. The predicted octanol–water partition coefficient (Wildman–Crippen LogP) is 1.44. The number of aliphatic hydroxyl groups is 1. The third-order valence-electron chi connectivity index (χ3n) is 3.31. The second-order valence-corrected chi connectivity index (χ2v) is 4.57. The average Bonchev–Trinajstić information content (AvgIpc) is 2.84. The lowest BCUT2D eigenvalue weighted by Gasteiger charge is -2.16. The van der Waals surface area contributed by atoms with Crippen LogP contribution in [0.2, 0.25) is 0 Å². The van der Waals surface area contributed by atoms with Gasteiger partial charge in [-0.1, -0.05) is 18.2 Å². The number of hydrogen-bond donors (Lipinski definition) is 1. The van der Waals surface area contributed by atoms with Crippen LogP contribution in [0.3, 0.4) is 0 Å². The third-order valence-corrected chi connectivity index (χ3v) is 3.31. The summed E-state index contributed by atoms with van der Waals surface area (Å²) in [4.78, 5) is 18.4. The molecule has 1 saturated heterocycles. The summed E-state index contributed by atoms with van der Waals surface area (Å²) in [5, 5.41) is 10.5. The minimum Gasteiger partial charge on any atom is -0.391 e. The Morgan fingerprint density at radius 1 is 1.33 bits per heavy atom. The Kier molecular flexibility index (Phi) is 2.72. The van der Waals surface area contributed by atoms with Crippen LogP contribution < -0.4 is 0 Å². The first-order chi connectivity index (χ1) is 8.75. The van der Waals surface area contributed by atoms with E-state index in [4.69, 9.17) is 0 Å². The highest BCUT2D eigenvalue weighted by atomic mass is 16.3. The van der Waals surface area contributed by atoms with E-state index in [0.717, 1.165) is 10.9 Å². The van der Waals surface area contributed by atoms with Crippen LogP contribution in [-0.4, -0.2) is 40.1 Å². The molecular formula is C14H14N2O2. The zero-order chi connectivity index (χ0) is 12.5. The topological polar surface area (TPSA) is 53.4 Å². The monoisotopic (exact) mass is 242 g/mol. The quantitative estimate of drug-likeness (QED) is 0.823. The van der Waals surface area contributed by atoms with Gasteiger partial charge in [-0.2, -0.15) is 0 Å². The Morgan fingerprint density at radius 2 is 2.17 bits per heavy atom. The molecule has 4 nitrogen and oxygen atoms in total. The Labute approximate surface area is 105 Å². The van der Waals surface area contributed by atoms with Gasteiger partial charge in [0, 0.05) is 24.7 Å². The number of likely N-dealkylation sites (tertiary alicyclic amines) is 1. The molecule has 2 heterocycles. The summed E-state index contributed by atoms with van der Waals surface area (Å²) in [6.07, 6.45) is 1.96. The number of β-amino-alcohol motifs (C(OH)–C–C–N with tert-alkyl or cyclic N) is 1. The smallest absolute Gasteiger partial charge is 0.256 e. The highest BCUT2D eigenvalue weighted by Gasteiger charge is 2.26. The first-order valence-corrected chi connectivity index (χ1v) is 6.07. The summed E-state index contributed by atoms with van der Waals surface area (Å²) < 4.78 is 0. The first kappa shape index (κ1) is 11.2. The molecule has 0 radical (unpaired) electrons. The van der Waals surface area contributed by atoms with Crippen molar-refractivity contribution in [3.05, 3.63) is 42.1 Å². The molecule has 1 aromatic carbocycles. The van der Waals surface area contributed by atoms with Crippen LogP contribution in [0.5, 0.6) is 0 Å². The Bertz CT molecular complexity index is 592. The van der Waals surface area contributed by atoms with Gasteiger partial charge in [0.15, 0.2) is 0 Å². The molecule has 0 unspecified atom stereocenters. The number of carbonyl (C=O) groups is 1. The van der Waals surface area contributed by atoms with Gasteiger partial charge in [-0.25, -0.2) is 0 Å². The molecule has 18 heavy (non-hydrogen) atoms. The molecule has 1 atom stereocenters. The minimum atomic E-state index is -0.392. The second-order valence-electron chi connectivity index (χ2n) is 4.57. The Balaban J connectivity index is 2.01. The van der Waals surface area contributed by atoms with Crippen molar-refractivity contribution in [2.24, 2.45) is 0 Å². The van der Waals surface area contributed by atoms with Crippen LogP contribution in [0.4, 0.5) is 0 Å². The molecular weight excluding hydrogens is 228 g/mol. The number of fused-ring (bicyclic) bond motifs is 1. The fourth-order valence-electron chi connectivity index (χ4n) is 2.37. The van der Waals surface area contributed by atoms with Gasteiger partial charge in [0.2, 0.25) is 0 Å². The molecule has 1 aromatic heterocycles. The summed E-state index contributed by atoms with van der Waals surface area (Å²) in [5.41, 5.74) is 1.34. The molecule has 4 heteroatoms. The number of amides is 1. The lowest BCUT2D eigenvalue weighted by Crippen LogP contribution is -2.29. The van der Waals surface area contributed by atoms with E-state index in [2.05, 4.69) is 4.98 Å². The third kappa shape index (κ3) is 1.84. The molecule has 0 saturated carbocycles. The average molecular weight is 242 g/mol. The molecule has 1 N–H and O–H groups in total. The highest BCUT2D eigenvalue weighted by molar-refractivity contribution is 6.05. The SMILES string of the molecule is O=C(c1cccc2cccnc12)N1CC[C@H](O)C1. The van der Waals surface area contributed by atoms with Crippen molar-refractivity contribution in [3.63, 3.8) is 0 Å². The summed E-state index contributed by atoms with van der Waals surface area (Å²) in [6.45, 7) is 1.03. The molecule has 2 aromatic rings. The first-order valence-electron chi connectivity index (χ1n) is 6.07. The maximum atomic E-state index is 12.4. The van der Waals surface area contributed by atoms with Gasteiger partial charge in [-0.3, -0.25) is 9.78 Å². The Hall–Kier alpha value is -1.94. The van der Waals surface area contributed by atoms with Crippen LogP contribution in [0, 0.1) is 0 Å². The number of nitrogens with zero attached hydrogens (tertiary/aromatic N) is 2. The van der Waals surface area contributed by atoms with Crippen molar-refractivity contribution < 1.29 is 9.90 Å². The molecule has 1 aliphatic rings. The molecule has 0 spiro atoms. The van der Waals surface area contributed by atoms with E-state index in [1.807, 2.05) is 24.3 Å². The number of rotatable bonds is 1. The largest absolute Gasteiger partial charge is 0.391 e. The second kappa shape index (κ2) is 4.38. The number of aromatic nitrogens is 1. The molecule has 92 valence electrons. The van der Waals surface area contributed by atoms with Gasteiger partial charge in [0.1, 0.15) is 0 Å². The normalized spacial score (nSPS) is 19.4. The number of aliphatic hydroxyl groups excluding tert-OH is 1. The molecule has 1 fully saturated rings. The van der Waals surface area contributed by atoms with E-state index >= 15 is 0 Å². The number of carbonyl (C=O) groups excluding carboxylic acids is 1. The van der Waals surface area contributed by atoms with E-state index in [1.165, 1.54) is 0 Å². The van der Waals surface area contributed by atoms with Crippen LogP contribution in [0.25, 0.3) is 10.9 Å².